The van der Waals surface area contributed by atoms with Crippen LogP contribution in [-0.2, 0) is 14.8 Å². The second kappa shape index (κ2) is 8.58. The Kier molecular flexibility index (Phi) is 6.39. The second-order valence-electron chi connectivity index (χ2n) is 7.39. The van der Waals surface area contributed by atoms with Crippen LogP contribution in [0.25, 0.3) is 0 Å². The number of piperidine rings is 2. The Morgan fingerprint density at radius 1 is 1.11 bits per heavy atom. The first kappa shape index (κ1) is 20.1. The molecule has 1 aromatic carbocycles. The third kappa shape index (κ3) is 4.62. The molecule has 0 aliphatic carbocycles. The molecule has 150 valence electrons. The molecule has 0 radical (unpaired) electrons. The number of ether oxygens (including phenoxy) is 1. The van der Waals surface area contributed by atoms with Crippen LogP contribution in [0.2, 0.25) is 0 Å². The molecule has 0 unspecified atom stereocenters. The normalized spacial score (nSPS) is 20.4. The summed E-state index contributed by atoms with van der Waals surface area (Å²) in [5.41, 5.74) is 0.416. The van der Waals surface area contributed by atoms with E-state index in [2.05, 4.69) is 10.2 Å². The molecule has 0 saturated carbocycles. The standard InChI is InChI=1S/C19H29N3O4S/c1-21-12-8-15(9-13-21)19(23)20-17-14-16(6-7-18(17)26-2)27(24,25)22-10-4-3-5-11-22/h6-7,14-15H,3-5,8-13H2,1-2H3,(H,20,23). The van der Waals surface area contributed by atoms with Gasteiger partial charge in [-0.25, -0.2) is 8.42 Å². The number of likely N-dealkylation sites (tertiary alicyclic amines) is 1. The van der Waals surface area contributed by atoms with Gasteiger partial charge in [-0.05, 0) is 64.0 Å². The quantitative estimate of drug-likeness (QED) is 0.826. The molecule has 1 N–H and O–H groups in total. The molecule has 7 nitrogen and oxygen atoms in total. The van der Waals surface area contributed by atoms with Gasteiger partial charge in [-0.3, -0.25) is 4.79 Å². The van der Waals surface area contributed by atoms with Gasteiger partial charge < -0.3 is 15.0 Å². The summed E-state index contributed by atoms with van der Waals surface area (Å²) in [7, 11) is 0.00332. The minimum absolute atomic E-state index is 0.0618. The largest absolute Gasteiger partial charge is 0.495 e. The Hall–Kier alpha value is -1.64. The van der Waals surface area contributed by atoms with Gasteiger partial charge in [-0.1, -0.05) is 6.42 Å². The fraction of sp³-hybridized carbons (Fsp3) is 0.632. The van der Waals surface area contributed by atoms with Crippen LogP contribution in [0.4, 0.5) is 5.69 Å². The van der Waals surface area contributed by atoms with Crippen molar-refractivity contribution in [1.82, 2.24) is 9.21 Å². The van der Waals surface area contributed by atoms with Crippen molar-refractivity contribution < 1.29 is 17.9 Å². The summed E-state index contributed by atoms with van der Waals surface area (Å²) < 4.78 is 32.7. The third-order valence-electron chi connectivity index (χ3n) is 5.47. The Bertz CT molecular complexity index is 767. The molecule has 0 bridgehead atoms. The SMILES string of the molecule is COc1ccc(S(=O)(=O)N2CCCCC2)cc1NC(=O)C1CCN(C)CC1. The number of carbonyl (C=O) groups is 1. The second-order valence-corrected chi connectivity index (χ2v) is 9.33. The van der Waals surface area contributed by atoms with E-state index in [9.17, 15) is 13.2 Å². The monoisotopic (exact) mass is 395 g/mol. The number of nitrogens with zero attached hydrogens (tertiary/aromatic N) is 2. The lowest BCUT2D eigenvalue weighted by Crippen LogP contribution is -2.36. The number of sulfonamides is 1. The van der Waals surface area contributed by atoms with E-state index >= 15 is 0 Å². The highest BCUT2D eigenvalue weighted by Crippen LogP contribution is 2.31. The molecule has 0 spiro atoms. The van der Waals surface area contributed by atoms with Gasteiger partial charge in [0.2, 0.25) is 15.9 Å². The molecule has 8 heteroatoms. The van der Waals surface area contributed by atoms with Crippen molar-refractivity contribution in [3.63, 3.8) is 0 Å². The number of carbonyl (C=O) groups excluding carboxylic acids is 1. The summed E-state index contributed by atoms with van der Waals surface area (Å²) in [5, 5.41) is 2.90. The Balaban J connectivity index is 1.80. The topological polar surface area (TPSA) is 79.0 Å². The van der Waals surface area contributed by atoms with Crippen molar-refractivity contribution in [1.29, 1.82) is 0 Å². The van der Waals surface area contributed by atoms with Crippen LogP contribution in [0.3, 0.4) is 0 Å². The summed E-state index contributed by atoms with van der Waals surface area (Å²) in [4.78, 5) is 15.1. The van der Waals surface area contributed by atoms with E-state index in [1.54, 1.807) is 12.1 Å². The van der Waals surface area contributed by atoms with Crippen LogP contribution in [0.1, 0.15) is 32.1 Å². The number of amides is 1. The average molecular weight is 396 g/mol. The molecule has 2 aliphatic heterocycles. The molecule has 2 aliphatic rings. The molecule has 0 atom stereocenters. The predicted octanol–water partition coefficient (Wildman–Crippen LogP) is 2.15. The van der Waals surface area contributed by atoms with E-state index in [1.165, 1.54) is 17.5 Å². The highest BCUT2D eigenvalue weighted by atomic mass is 32.2. The molecule has 2 saturated heterocycles. The zero-order valence-corrected chi connectivity index (χ0v) is 16.9. The van der Waals surface area contributed by atoms with Crippen molar-refractivity contribution >= 4 is 21.6 Å². The average Bonchev–Trinajstić information content (AvgIpc) is 2.69. The zero-order valence-electron chi connectivity index (χ0n) is 16.1. The molecule has 1 aromatic rings. The first-order chi connectivity index (χ1) is 12.9. The molecular weight excluding hydrogens is 366 g/mol. The van der Waals surface area contributed by atoms with E-state index in [0.717, 1.165) is 45.2 Å². The summed E-state index contributed by atoms with van der Waals surface area (Å²) in [5.74, 6) is 0.330. The predicted molar refractivity (Wildman–Crippen MR) is 104 cm³/mol. The van der Waals surface area contributed by atoms with Crippen molar-refractivity contribution in [3.8, 4) is 5.75 Å². The zero-order chi connectivity index (χ0) is 19.4. The van der Waals surface area contributed by atoms with Crippen LogP contribution in [0.5, 0.6) is 5.75 Å². The van der Waals surface area contributed by atoms with E-state index in [4.69, 9.17) is 4.74 Å². The highest BCUT2D eigenvalue weighted by Gasteiger charge is 2.28. The minimum atomic E-state index is -3.56. The number of hydrogen-bond donors (Lipinski definition) is 1. The van der Waals surface area contributed by atoms with E-state index in [1.807, 2.05) is 7.05 Å². The van der Waals surface area contributed by atoms with Crippen LogP contribution in [0.15, 0.2) is 23.1 Å². The van der Waals surface area contributed by atoms with Crippen molar-refractivity contribution in [2.45, 2.75) is 37.0 Å². The minimum Gasteiger partial charge on any atom is -0.495 e. The van der Waals surface area contributed by atoms with Gasteiger partial charge in [0.05, 0.1) is 17.7 Å². The fourth-order valence-corrected chi connectivity index (χ4v) is 5.25. The Labute approximate surface area is 161 Å². The Morgan fingerprint density at radius 3 is 2.41 bits per heavy atom. The molecule has 0 aromatic heterocycles. The smallest absolute Gasteiger partial charge is 0.243 e. The van der Waals surface area contributed by atoms with Crippen molar-refractivity contribution in [2.24, 2.45) is 5.92 Å². The maximum absolute atomic E-state index is 12.9. The molecule has 2 heterocycles. The van der Waals surface area contributed by atoms with Gasteiger partial charge in [0.25, 0.3) is 0 Å². The number of anilines is 1. The summed E-state index contributed by atoms with van der Waals surface area (Å²) in [6, 6.07) is 4.69. The number of methoxy groups -OCH3 is 1. The molecule has 3 rings (SSSR count). The number of nitrogens with one attached hydrogen (secondary N) is 1. The lowest BCUT2D eigenvalue weighted by atomic mass is 9.96. The van der Waals surface area contributed by atoms with Crippen molar-refractivity contribution in [2.75, 3.05) is 45.7 Å². The highest BCUT2D eigenvalue weighted by molar-refractivity contribution is 7.89. The first-order valence-electron chi connectivity index (χ1n) is 9.59. The van der Waals surface area contributed by atoms with Gasteiger partial charge in [0, 0.05) is 19.0 Å². The third-order valence-corrected chi connectivity index (χ3v) is 7.37. The Morgan fingerprint density at radius 2 is 1.78 bits per heavy atom. The van der Waals surface area contributed by atoms with Crippen LogP contribution < -0.4 is 10.1 Å². The number of benzene rings is 1. The number of hydrogen-bond acceptors (Lipinski definition) is 5. The van der Waals surface area contributed by atoms with Gasteiger partial charge >= 0.3 is 0 Å². The van der Waals surface area contributed by atoms with Crippen LogP contribution in [0, 0.1) is 5.92 Å². The molecule has 2 fully saturated rings. The van der Waals surface area contributed by atoms with E-state index < -0.39 is 10.0 Å². The van der Waals surface area contributed by atoms with E-state index in [0.29, 0.717) is 24.5 Å². The summed E-state index contributed by atoms with van der Waals surface area (Å²) in [6.07, 6.45) is 4.43. The molecule has 27 heavy (non-hydrogen) atoms. The maximum Gasteiger partial charge on any atom is 0.243 e. The van der Waals surface area contributed by atoms with Crippen molar-refractivity contribution in [3.05, 3.63) is 18.2 Å². The molecular formula is C19H29N3O4S. The van der Waals surface area contributed by atoms with Gasteiger partial charge in [0.15, 0.2) is 0 Å². The summed E-state index contributed by atoms with van der Waals surface area (Å²) in [6.45, 7) is 2.87. The lowest BCUT2D eigenvalue weighted by Gasteiger charge is -2.28. The van der Waals surface area contributed by atoms with Gasteiger partial charge in [-0.2, -0.15) is 4.31 Å². The first-order valence-corrected chi connectivity index (χ1v) is 11.0. The van der Waals surface area contributed by atoms with E-state index in [-0.39, 0.29) is 16.7 Å². The number of rotatable bonds is 5. The fourth-order valence-electron chi connectivity index (χ4n) is 3.71. The van der Waals surface area contributed by atoms with Crippen LogP contribution in [-0.4, -0.2) is 63.9 Å². The van der Waals surface area contributed by atoms with Gasteiger partial charge in [0.1, 0.15) is 5.75 Å². The molecule has 1 amide bonds. The maximum atomic E-state index is 12.9. The lowest BCUT2D eigenvalue weighted by molar-refractivity contribution is -0.121. The summed E-state index contributed by atoms with van der Waals surface area (Å²) >= 11 is 0. The van der Waals surface area contributed by atoms with Gasteiger partial charge in [-0.15, -0.1) is 0 Å². The van der Waals surface area contributed by atoms with Crippen LogP contribution >= 0.6 is 0 Å².